The molecule has 5 nitrogen and oxygen atoms in total. The van der Waals surface area contributed by atoms with Crippen molar-refractivity contribution < 1.29 is 4.74 Å². The number of aromatic amines is 1. The molecule has 1 aromatic heterocycles. The van der Waals surface area contributed by atoms with Gasteiger partial charge in [0.1, 0.15) is 17.4 Å². The van der Waals surface area contributed by atoms with Gasteiger partial charge < -0.3 is 9.72 Å². The zero-order valence-corrected chi connectivity index (χ0v) is 9.10. The van der Waals surface area contributed by atoms with Crippen molar-refractivity contribution in [1.82, 2.24) is 9.97 Å². The van der Waals surface area contributed by atoms with Crippen LogP contribution in [0, 0.1) is 11.3 Å². The predicted molar refractivity (Wildman–Crippen MR) is 61.6 cm³/mol. The molecule has 0 unspecified atom stereocenters. The van der Waals surface area contributed by atoms with Crippen LogP contribution in [-0.2, 0) is 0 Å². The van der Waals surface area contributed by atoms with Crippen LogP contribution in [0.5, 0.6) is 5.75 Å². The Labute approximate surface area is 97.3 Å². The zero-order valence-electron chi connectivity index (χ0n) is 9.10. The Morgan fingerprint density at radius 1 is 1.41 bits per heavy atom. The van der Waals surface area contributed by atoms with Gasteiger partial charge in [0.05, 0.1) is 19.1 Å². The second-order valence-corrected chi connectivity index (χ2v) is 3.27. The molecule has 5 heteroatoms. The lowest BCUT2D eigenvalue weighted by Gasteiger charge is -2.07. The Morgan fingerprint density at radius 2 is 2.18 bits per heavy atom. The molecular formula is C12H9N3O2. The fourth-order valence-corrected chi connectivity index (χ4v) is 1.55. The van der Waals surface area contributed by atoms with Gasteiger partial charge in [-0.3, -0.25) is 4.79 Å². The summed E-state index contributed by atoms with van der Waals surface area (Å²) in [6.07, 6.45) is 1.27. The van der Waals surface area contributed by atoms with E-state index in [1.54, 1.807) is 18.2 Å². The van der Waals surface area contributed by atoms with Gasteiger partial charge in [-0.2, -0.15) is 5.26 Å². The lowest BCUT2D eigenvalue weighted by Crippen LogP contribution is -2.12. The lowest BCUT2D eigenvalue weighted by atomic mass is 10.1. The molecule has 0 radical (unpaired) electrons. The molecule has 1 N–H and O–H groups in total. The molecule has 2 aromatic rings. The smallest absolute Gasteiger partial charge is 0.269 e. The Kier molecular flexibility index (Phi) is 2.88. The van der Waals surface area contributed by atoms with E-state index in [1.165, 1.54) is 13.4 Å². The Bertz CT molecular complexity index is 641. The lowest BCUT2D eigenvalue weighted by molar-refractivity contribution is 0.416. The standard InChI is InChI=1S/C12H9N3O2/c1-17-10-5-3-2-4-8(10)11-9(6-13)12(16)15-7-14-11/h2-5,7H,1H3,(H,14,15,16). The maximum Gasteiger partial charge on any atom is 0.269 e. The number of rotatable bonds is 2. The summed E-state index contributed by atoms with van der Waals surface area (Å²) >= 11 is 0. The quantitative estimate of drug-likeness (QED) is 0.839. The molecule has 1 heterocycles. The van der Waals surface area contributed by atoms with Gasteiger partial charge in [0, 0.05) is 5.56 Å². The molecule has 0 aliphatic heterocycles. The molecule has 84 valence electrons. The van der Waals surface area contributed by atoms with Gasteiger partial charge >= 0.3 is 0 Å². The third-order valence-corrected chi connectivity index (χ3v) is 2.33. The minimum Gasteiger partial charge on any atom is -0.496 e. The van der Waals surface area contributed by atoms with E-state index in [-0.39, 0.29) is 5.56 Å². The maximum absolute atomic E-state index is 11.5. The average molecular weight is 227 g/mol. The maximum atomic E-state index is 11.5. The van der Waals surface area contributed by atoms with Crippen LogP contribution in [-0.4, -0.2) is 17.1 Å². The van der Waals surface area contributed by atoms with Crippen molar-refractivity contribution in [2.45, 2.75) is 0 Å². The van der Waals surface area contributed by atoms with E-state index in [0.29, 0.717) is 17.0 Å². The summed E-state index contributed by atoms with van der Waals surface area (Å²) in [5.74, 6) is 0.571. The van der Waals surface area contributed by atoms with Crippen molar-refractivity contribution in [2.24, 2.45) is 0 Å². The third-order valence-electron chi connectivity index (χ3n) is 2.33. The number of para-hydroxylation sites is 1. The number of benzene rings is 1. The van der Waals surface area contributed by atoms with Crippen LogP contribution in [0.4, 0.5) is 0 Å². The van der Waals surface area contributed by atoms with Gasteiger partial charge in [0.2, 0.25) is 0 Å². The van der Waals surface area contributed by atoms with E-state index in [9.17, 15) is 4.79 Å². The predicted octanol–water partition coefficient (Wildman–Crippen LogP) is 1.32. The SMILES string of the molecule is COc1ccccc1-c1nc[nH]c(=O)c1C#N. The summed E-state index contributed by atoms with van der Waals surface area (Å²) in [6.45, 7) is 0. The summed E-state index contributed by atoms with van der Waals surface area (Å²) in [5.41, 5.74) is 0.478. The van der Waals surface area contributed by atoms with Crippen LogP contribution < -0.4 is 10.3 Å². The normalized spacial score (nSPS) is 9.65. The molecule has 0 aliphatic rings. The monoisotopic (exact) mass is 227 g/mol. The zero-order chi connectivity index (χ0) is 12.3. The number of methoxy groups -OCH3 is 1. The first-order valence-corrected chi connectivity index (χ1v) is 4.89. The summed E-state index contributed by atoms with van der Waals surface area (Å²) in [7, 11) is 1.53. The molecular weight excluding hydrogens is 218 g/mol. The number of nitriles is 1. The Morgan fingerprint density at radius 3 is 2.88 bits per heavy atom. The second-order valence-electron chi connectivity index (χ2n) is 3.27. The van der Waals surface area contributed by atoms with Crippen molar-refractivity contribution >= 4 is 0 Å². The molecule has 0 amide bonds. The molecule has 0 saturated heterocycles. The fraction of sp³-hybridized carbons (Fsp3) is 0.0833. The highest BCUT2D eigenvalue weighted by atomic mass is 16.5. The first-order valence-electron chi connectivity index (χ1n) is 4.89. The van der Waals surface area contributed by atoms with Gasteiger partial charge in [-0.1, -0.05) is 12.1 Å². The highest BCUT2D eigenvalue weighted by Gasteiger charge is 2.13. The molecule has 2 rings (SSSR count). The number of nitrogens with zero attached hydrogens (tertiary/aromatic N) is 2. The van der Waals surface area contributed by atoms with Crippen LogP contribution in [0.2, 0.25) is 0 Å². The summed E-state index contributed by atoms with van der Waals surface area (Å²) in [5, 5.41) is 8.97. The van der Waals surface area contributed by atoms with E-state index < -0.39 is 5.56 Å². The number of hydrogen-bond acceptors (Lipinski definition) is 4. The van der Waals surface area contributed by atoms with Crippen molar-refractivity contribution in [2.75, 3.05) is 7.11 Å². The van der Waals surface area contributed by atoms with Crippen LogP contribution in [0.3, 0.4) is 0 Å². The minimum atomic E-state index is -0.455. The first-order chi connectivity index (χ1) is 8.27. The molecule has 0 fully saturated rings. The largest absolute Gasteiger partial charge is 0.496 e. The van der Waals surface area contributed by atoms with Crippen LogP contribution in [0.15, 0.2) is 35.4 Å². The van der Waals surface area contributed by atoms with Gasteiger partial charge in [0.25, 0.3) is 5.56 Å². The molecule has 0 aliphatic carbocycles. The van der Waals surface area contributed by atoms with E-state index in [1.807, 2.05) is 12.1 Å². The third kappa shape index (κ3) is 1.88. The Hall–Kier alpha value is -2.61. The second kappa shape index (κ2) is 4.49. The molecule has 0 atom stereocenters. The molecule has 0 spiro atoms. The van der Waals surface area contributed by atoms with Crippen LogP contribution >= 0.6 is 0 Å². The Balaban J connectivity index is 2.74. The van der Waals surface area contributed by atoms with Crippen LogP contribution in [0.1, 0.15) is 5.56 Å². The summed E-state index contributed by atoms with van der Waals surface area (Å²) in [4.78, 5) is 17.9. The number of hydrogen-bond donors (Lipinski definition) is 1. The van der Waals surface area contributed by atoms with Crippen molar-refractivity contribution in [1.29, 1.82) is 5.26 Å². The van der Waals surface area contributed by atoms with Crippen molar-refractivity contribution in [3.05, 3.63) is 46.5 Å². The topological polar surface area (TPSA) is 78.8 Å². The van der Waals surface area contributed by atoms with Gasteiger partial charge in [-0.25, -0.2) is 4.98 Å². The number of ether oxygens (including phenoxy) is 1. The number of aromatic nitrogens is 2. The number of H-pyrrole nitrogens is 1. The highest BCUT2D eigenvalue weighted by Crippen LogP contribution is 2.28. The highest BCUT2D eigenvalue weighted by molar-refractivity contribution is 5.71. The average Bonchev–Trinajstić information content (AvgIpc) is 2.38. The van der Waals surface area contributed by atoms with Gasteiger partial charge in [-0.15, -0.1) is 0 Å². The first kappa shape index (κ1) is 10.9. The van der Waals surface area contributed by atoms with E-state index in [4.69, 9.17) is 10.00 Å². The van der Waals surface area contributed by atoms with E-state index >= 15 is 0 Å². The molecule has 0 bridgehead atoms. The van der Waals surface area contributed by atoms with Crippen molar-refractivity contribution in [3.8, 4) is 23.1 Å². The number of nitrogens with one attached hydrogen (secondary N) is 1. The molecule has 1 aromatic carbocycles. The molecule has 17 heavy (non-hydrogen) atoms. The minimum absolute atomic E-state index is 0.0167. The fourth-order valence-electron chi connectivity index (χ4n) is 1.55. The summed E-state index contributed by atoms with van der Waals surface area (Å²) < 4.78 is 5.18. The van der Waals surface area contributed by atoms with E-state index in [0.717, 1.165) is 0 Å². The molecule has 0 saturated carbocycles. The summed E-state index contributed by atoms with van der Waals surface area (Å²) in [6, 6.07) is 8.95. The van der Waals surface area contributed by atoms with E-state index in [2.05, 4.69) is 9.97 Å². The van der Waals surface area contributed by atoms with Crippen molar-refractivity contribution in [3.63, 3.8) is 0 Å². The van der Waals surface area contributed by atoms with Gasteiger partial charge in [-0.05, 0) is 12.1 Å². The van der Waals surface area contributed by atoms with Gasteiger partial charge in [0.15, 0.2) is 0 Å². The van der Waals surface area contributed by atoms with Crippen LogP contribution in [0.25, 0.3) is 11.3 Å².